The number of anilines is 1. The average Bonchev–Trinajstić information content (AvgIpc) is 3.17. The number of allylic oxidation sites excluding steroid dienone is 1. The summed E-state index contributed by atoms with van der Waals surface area (Å²) in [5.41, 5.74) is 4.13. The van der Waals surface area contributed by atoms with Crippen LogP contribution in [-0.4, -0.2) is 35.6 Å². The number of thioether (sulfide) groups is 1. The molecule has 1 N–H and O–H groups in total. The van der Waals surface area contributed by atoms with Gasteiger partial charge in [0, 0.05) is 15.7 Å². The SMILES string of the molecule is C=CCc1cc(/C=C2\SC(=O)N(CC(=O)Nc3ccc(C)cc3)C2=O)cc(OC)c1OCc1ccc(Br)cc1. The van der Waals surface area contributed by atoms with E-state index in [-0.39, 0.29) is 11.4 Å². The lowest BCUT2D eigenvalue weighted by Gasteiger charge is -2.16. The van der Waals surface area contributed by atoms with Crippen molar-refractivity contribution in [1.29, 1.82) is 0 Å². The molecule has 200 valence electrons. The minimum absolute atomic E-state index is 0.221. The van der Waals surface area contributed by atoms with Gasteiger partial charge in [-0.05, 0) is 78.7 Å². The molecule has 9 heteroatoms. The number of carbonyl (C=O) groups is 3. The molecular weight excluding hydrogens is 580 g/mol. The van der Waals surface area contributed by atoms with Gasteiger partial charge in [0.15, 0.2) is 11.5 Å². The Morgan fingerprint density at radius 2 is 1.82 bits per heavy atom. The molecule has 0 unspecified atom stereocenters. The zero-order valence-electron chi connectivity index (χ0n) is 21.5. The summed E-state index contributed by atoms with van der Waals surface area (Å²) in [6, 6.07) is 18.7. The van der Waals surface area contributed by atoms with Gasteiger partial charge in [0.2, 0.25) is 5.91 Å². The highest BCUT2D eigenvalue weighted by Gasteiger charge is 2.36. The van der Waals surface area contributed by atoms with E-state index in [0.717, 1.165) is 37.8 Å². The van der Waals surface area contributed by atoms with E-state index >= 15 is 0 Å². The minimum Gasteiger partial charge on any atom is -0.493 e. The quantitative estimate of drug-likeness (QED) is 0.203. The Morgan fingerprint density at radius 1 is 1.10 bits per heavy atom. The van der Waals surface area contributed by atoms with E-state index < -0.39 is 17.1 Å². The number of nitrogens with one attached hydrogen (secondary N) is 1. The number of aryl methyl sites for hydroxylation is 1. The first kappa shape index (κ1) is 28.2. The molecule has 0 aromatic heterocycles. The lowest BCUT2D eigenvalue weighted by Crippen LogP contribution is -2.36. The van der Waals surface area contributed by atoms with Gasteiger partial charge in [0.1, 0.15) is 13.2 Å². The van der Waals surface area contributed by atoms with E-state index in [9.17, 15) is 14.4 Å². The first-order valence-corrected chi connectivity index (χ1v) is 13.7. The van der Waals surface area contributed by atoms with Crippen molar-refractivity contribution >= 4 is 56.5 Å². The molecule has 7 nitrogen and oxygen atoms in total. The molecule has 1 aliphatic rings. The molecule has 0 saturated carbocycles. The maximum atomic E-state index is 13.0. The molecule has 39 heavy (non-hydrogen) atoms. The minimum atomic E-state index is -0.524. The summed E-state index contributed by atoms with van der Waals surface area (Å²) in [7, 11) is 1.55. The summed E-state index contributed by atoms with van der Waals surface area (Å²) in [5, 5.41) is 2.21. The summed E-state index contributed by atoms with van der Waals surface area (Å²) in [6.07, 6.45) is 3.89. The summed E-state index contributed by atoms with van der Waals surface area (Å²) in [5.74, 6) is 0.0984. The Balaban J connectivity index is 1.51. The normalized spacial score (nSPS) is 14.0. The van der Waals surface area contributed by atoms with Crippen molar-refractivity contribution in [2.75, 3.05) is 19.0 Å². The third-order valence-electron chi connectivity index (χ3n) is 5.84. The van der Waals surface area contributed by atoms with Crippen LogP contribution in [0.5, 0.6) is 11.5 Å². The van der Waals surface area contributed by atoms with E-state index in [4.69, 9.17) is 9.47 Å². The van der Waals surface area contributed by atoms with E-state index in [0.29, 0.717) is 35.8 Å². The van der Waals surface area contributed by atoms with Gasteiger partial charge < -0.3 is 14.8 Å². The van der Waals surface area contributed by atoms with Crippen LogP contribution in [0.25, 0.3) is 6.08 Å². The van der Waals surface area contributed by atoms with Crippen molar-refractivity contribution in [3.63, 3.8) is 0 Å². The molecule has 3 aromatic rings. The molecule has 0 spiro atoms. The van der Waals surface area contributed by atoms with Crippen LogP contribution in [-0.2, 0) is 22.6 Å². The van der Waals surface area contributed by atoms with Crippen LogP contribution in [0.2, 0.25) is 0 Å². The zero-order chi connectivity index (χ0) is 27.9. The lowest BCUT2D eigenvalue weighted by molar-refractivity contribution is -0.127. The monoisotopic (exact) mass is 606 g/mol. The largest absolute Gasteiger partial charge is 0.493 e. The number of carbonyl (C=O) groups excluding carboxylic acids is 3. The highest BCUT2D eigenvalue weighted by atomic mass is 79.9. The van der Waals surface area contributed by atoms with E-state index in [1.165, 1.54) is 0 Å². The number of ether oxygens (including phenoxy) is 2. The number of halogens is 1. The predicted molar refractivity (Wildman–Crippen MR) is 158 cm³/mol. The molecule has 1 heterocycles. The first-order chi connectivity index (χ1) is 18.8. The Labute approximate surface area is 240 Å². The van der Waals surface area contributed by atoms with E-state index in [2.05, 4.69) is 27.8 Å². The van der Waals surface area contributed by atoms with Crippen molar-refractivity contribution in [2.24, 2.45) is 0 Å². The van der Waals surface area contributed by atoms with Crippen LogP contribution < -0.4 is 14.8 Å². The molecule has 4 rings (SSSR count). The number of imide groups is 1. The third kappa shape index (κ3) is 7.19. The Bertz CT molecular complexity index is 1430. The highest BCUT2D eigenvalue weighted by molar-refractivity contribution is 9.10. The Kier molecular flexibility index (Phi) is 9.27. The van der Waals surface area contributed by atoms with Crippen molar-refractivity contribution in [1.82, 2.24) is 4.90 Å². The van der Waals surface area contributed by atoms with Gasteiger partial charge in [-0.15, -0.1) is 6.58 Å². The summed E-state index contributed by atoms with van der Waals surface area (Å²) < 4.78 is 12.7. The van der Waals surface area contributed by atoms with Crippen molar-refractivity contribution in [3.8, 4) is 11.5 Å². The standard InChI is InChI=1S/C30H27BrN2O5S/c1-4-5-22-14-21(15-25(37-3)28(22)38-18-20-8-10-23(31)11-9-20)16-26-29(35)33(30(36)39-26)17-27(34)32-24-12-6-19(2)7-13-24/h4,6-16H,1,5,17-18H2,2-3H3,(H,32,34)/b26-16-. The van der Waals surface area contributed by atoms with Gasteiger partial charge in [-0.2, -0.15) is 0 Å². The fraction of sp³-hybridized carbons (Fsp3) is 0.167. The molecule has 3 aromatic carbocycles. The maximum absolute atomic E-state index is 13.0. The predicted octanol–water partition coefficient (Wildman–Crippen LogP) is 6.75. The molecular formula is C30H27BrN2O5S. The topological polar surface area (TPSA) is 84.9 Å². The van der Waals surface area contributed by atoms with Crippen molar-refractivity contribution in [3.05, 3.63) is 105 Å². The number of rotatable bonds is 10. The molecule has 0 aliphatic carbocycles. The Hall–Kier alpha value is -3.82. The van der Waals surface area contributed by atoms with Gasteiger partial charge in [0.25, 0.3) is 11.1 Å². The molecule has 0 atom stereocenters. The fourth-order valence-corrected chi connectivity index (χ4v) is 5.00. The number of hydrogen-bond acceptors (Lipinski definition) is 6. The smallest absolute Gasteiger partial charge is 0.294 e. The second-order valence-corrected chi connectivity index (χ2v) is 10.7. The second-order valence-electron chi connectivity index (χ2n) is 8.80. The van der Waals surface area contributed by atoms with E-state index in [1.54, 1.807) is 37.5 Å². The zero-order valence-corrected chi connectivity index (χ0v) is 23.9. The molecule has 0 bridgehead atoms. The summed E-state index contributed by atoms with van der Waals surface area (Å²) in [6.45, 7) is 5.76. The van der Waals surface area contributed by atoms with Crippen LogP contribution in [0, 0.1) is 6.92 Å². The number of amides is 3. The Morgan fingerprint density at radius 3 is 2.49 bits per heavy atom. The molecule has 1 saturated heterocycles. The van der Waals surface area contributed by atoms with Crippen LogP contribution in [0.3, 0.4) is 0 Å². The lowest BCUT2D eigenvalue weighted by atomic mass is 10.0. The van der Waals surface area contributed by atoms with Gasteiger partial charge in [-0.1, -0.05) is 51.8 Å². The number of hydrogen-bond donors (Lipinski definition) is 1. The maximum Gasteiger partial charge on any atom is 0.294 e. The molecule has 3 amide bonds. The van der Waals surface area contributed by atoms with Gasteiger partial charge in [-0.3, -0.25) is 19.3 Å². The van der Waals surface area contributed by atoms with Crippen molar-refractivity contribution < 1.29 is 23.9 Å². The number of nitrogens with zero attached hydrogens (tertiary/aromatic N) is 1. The van der Waals surface area contributed by atoms with Crippen LogP contribution in [0.15, 0.2) is 82.7 Å². The van der Waals surface area contributed by atoms with Gasteiger partial charge in [-0.25, -0.2) is 0 Å². The average molecular weight is 608 g/mol. The summed E-state index contributed by atoms with van der Waals surface area (Å²) in [4.78, 5) is 39.3. The van der Waals surface area contributed by atoms with Gasteiger partial charge >= 0.3 is 0 Å². The second kappa shape index (κ2) is 12.8. The third-order valence-corrected chi connectivity index (χ3v) is 7.28. The van der Waals surface area contributed by atoms with Crippen LogP contribution >= 0.6 is 27.7 Å². The molecule has 1 aliphatic heterocycles. The van der Waals surface area contributed by atoms with Crippen LogP contribution in [0.1, 0.15) is 22.3 Å². The first-order valence-electron chi connectivity index (χ1n) is 12.1. The van der Waals surface area contributed by atoms with Crippen molar-refractivity contribution in [2.45, 2.75) is 20.0 Å². The fourth-order valence-electron chi connectivity index (χ4n) is 3.89. The number of methoxy groups -OCH3 is 1. The van der Waals surface area contributed by atoms with Crippen LogP contribution in [0.4, 0.5) is 10.5 Å². The highest BCUT2D eigenvalue weighted by Crippen LogP contribution is 2.37. The summed E-state index contributed by atoms with van der Waals surface area (Å²) >= 11 is 4.23. The van der Waals surface area contributed by atoms with E-state index in [1.807, 2.05) is 49.4 Å². The number of benzene rings is 3. The molecule has 1 fully saturated rings. The van der Waals surface area contributed by atoms with Gasteiger partial charge in [0.05, 0.1) is 12.0 Å². The molecule has 0 radical (unpaired) electrons.